The van der Waals surface area contributed by atoms with Gasteiger partial charge in [-0.15, -0.1) is 11.8 Å². The number of H-pyrrole nitrogens is 1. The number of thioether (sulfide) groups is 1. The fourth-order valence-corrected chi connectivity index (χ4v) is 2.80. The Bertz CT molecular complexity index is 723. The first-order chi connectivity index (χ1) is 9.15. The second-order valence-corrected chi connectivity index (χ2v) is 5.72. The van der Waals surface area contributed by atoms with Gasteiger partial charge in [-0.2, -0.15) is 0 Å². The molecule has 3 heteroatoms. The molecule has 0 aliphatic carbocycles. The van der Waals surface area contributed by atoms with E-state index in [1.165, 1.54) is 16.0 Å². The molecular formula is C16H16N2S. The fourth-order valence-electron chi connectivity index (χ4n) is 2.36. The lowest BCUT2D eigenvalue weighted by atomic mass is 10.1. The molecule has 2 aromatic carbocycles. The average molecular weight is 268 g/mol. The SMILES string of the molecule is CSc1ccc2nc(-c3cc(C)cc(C)c3)[nH]c2c1. The summed E-state index contributed by atoms with van der Waals surface area (Å²) in [6, 6.07) is 12.8. The molecule has 1 heterocycles. The molecule has 0 fully saturated rings. The van der Waals surface area contributed by atoms with Crippen molar-refractivity contribution in [3.63, 3.8) is 0 Å². The minimum absolute atomic E-state index is 0.944. The minimum Gasteiger partial charge on any atom is -0.338 e. The number of hydrogen-bond donors (Lipinski definition) is 1. The van der Waals surface area contributed by atoms with Crippen LogP contribution in [-0.4, -0.2) is 16.2 Å². The number of aromatic nitrogens is 2. The van der Waals surface area contributed by atoms with Gasteiger partial charge >= 0.3 is 0 Å². The van der Waals surface area contributed by atoms with E-state index in [2.05, 4.69) is 66.5 Å². The van der Waals surface area contributed by atoms with E-state index in [1.54, 1.807) is 11.8 Å². The van der Waals surface area contributed by atoms with Crippen molar-refractivity contribution in [2.75, 3.05) is 6.26 Å². The molecule has 0 aliphatic rings. The van der Waals surface area contributed by atoms with Gasteiger partial charge in [0.25, 0.3) is 0 Å². The average Bonchev–Trinajstić information content (AvgIpc) is 2.80. The molecule has 0 saturated carbocycles. The first-order valence-electron chi connectivity index (χ1n) is 6.28. The van der Waals surface area contributed by atoms with Crippen LogP contribution >= 0.6 is 11.8 Å². The highest BCUT2D eigenvalue weighted by molar-refractivity contribution is 7.98. The summed E-state index contributed by atoms with van der Waals surface area (Å²) >= 11 is 1.75. The molecule has 0 radical (unpaired) electrons. The van der Waals surface area contributed by atoms with Crippen molar-refractivity contribution in [3.05, 3.63) is 47.5 Å². The maximum Gasteiger partial charge on any atom is 0.138 e. The van der Waals surface area contributed by atoms with E-state index in [-0.39, 0.29) is 0 Å². The van der Waals surface area contributed by atoms with E-state index in [4.69, 9.17) is 0 Å². The molecule has 0 aliphatic heterocycles. The predicted molar refractivity (Wildman–Crippen MR) is 82.8 cm³/mol. The Hall–Kier alpha value is -1.74. The van der Waals surface area contributed by atoms with Gasteiger partial charge in [0, 0.05) is 10.5 Å². The molecule has 0 unspecified atom stereocenters. The van der Waals surface area contributed by atoms with Crippen molar-refractivity contribution in [3.8, 4) is 11.4 Å². The van der Waals surface area contributed by atoms with Gasteiger partial charge in [-0.3, -0.25) is 0 Å². The molecule has 0 atom stereocenters. The molecule has 0 bridgehead atoms. The van der Waals surface area contributed by atoms with Crippen LogP contribution in [0.4, 0.5) is 0 Å². The molecule has 3 rings (SSSR count). The number of hydrogen-bond acceptors (Lipinski definition) is 2. The Kier molecular flexibility index (Phi) is 3.07. The van der Waals surface area contributed by atoms with Crippen LogP contribution in [0.3, 0.4) is 0 Å². The maximum atomic E-state index is 4.68. The number of benzene rings is 2. The Morgan fingerprint density at radius 1 is 1.00 bits per heavy atom. The van der Waals surface area contributed by atoms with Crippen LogP contribution in [0.5, 0.6) is 0 Å². The zero-order chi connectivity index (χ0) is 13.4. The first kappa shape index (κ1) is 12.3. The van der Waals surface area contributed by atoms with Crippen molar-refractivity contribution in [1.29, 1.82) is 0 Å². The van der Waals surface area contributed by atoms with E-state index >= 15 is 0 Å². The topological polar surface area (TPSA) is 28.7 Å². The number of aryl methyl sites for hydroxylation is 2. The largest absolute Gasteiger partial charge is 0.338 e. The van der Waals surface area contributed by atoms with E-state index < -0.39 is 0 Å². The third kappa shape index (κ3) is 2.38. The van der Waals surface area contributed by atoms with E-state index in [0.717, 1.165) is 22.4 Å². The van der Waals surface area contributed by atoms with Crippen molar-refractivity contribution >= 4 is 22.8 Å². The van der Waals surface area contributed by atoms with Crippen molar-refractivity contribution in [2.45, 2.75) is 18.7 Å². The molecule has 2 nitrogen and oxygen atoms in total. The van der Waals surface area contributed by atoms with Crippen LogP contribution in [-0.2, 0) is 0 Å². The molecule has 3 aromatic rings. The first-order valence-corrected chi connectivity index (χ1v) is 7.50. The number of nitrogens with one attached hydrogen (secondary N) is 1. The number of nitrogens with zero attached hydrogens (tertiary/aromatic N) is 1. The zero-order valence-corrected chi connectivity index (χ0v) is 12.1. The fraction of sp³-hybridized carbons (Fsp3) is 0.188. The highest BCUT2D eigenvalue weighted by Crippen LogP contribution is 2.25. The van der Waals surface area contributed by atoms with Gasteiger partial charge in [0.1, 0.15) is 5.82 Å². The lowest BCUT2D eigenvalue weighted by molar-refractivity contribution is 1.30. The Labute approximate surface area is 117 Å². The second kappa shape index (κ2) is 4.74. The quantitative estimate of drug-likeness (QED) is 0.690. The summed E-state index contributed by atoms with van der Waals surface area (Å²) in [5.41, 5.74) is 5.80. The van der Waals surface area contributed by atoms with Crippen LogP contribution in [0.25, 0.3) is 22.4 Å². The van der Waals surface area contributed by atoms with Gasteiger partial charge in [0.2, 0.25) is 0 Å². The van der Waals surface area contributed by atoms with Gasteiger partial charge in [-0.05, 0) is 50.4 Å². The Morgan fingerprint density at radius 3 is 2.42 bits per heavy atom. The van der Waals surface area contributed by atoms with Crippen molar-refractivity contribution < 1.29 is 0 Å². The summed E-state index contributed by atoms with van der Waals surface area (Å²) in [6.07, 6.45) is 2.09. The number of fused-ring (bicyclic) bond motifs is 1. The summed E-state index contributed by atoms with van der Waals surface area (Å²) in [5, 5.41) is 0. The van der Waals surface area contributed by atoms with E-state index in [1.807, 2.05) is 0 Å². The second-order valence-electron chi connectivity index (χ2n) is 4.84. The molecule has 96 valence electrons. The summed E-state index contributed by atoms with van der Waals surface area (Å²) < 4.78 is 0. The van der Waals surface area contributed by atoms with Crippen LogP contribution in [0.15, 0.2) is 41.3 Å². The van der Waals surface area contributed by atoms with Crippen molar-refractivity contribution in [1.82, 2.24) is 9.97 Å². The molecular weight excluding hydrogens is 252 g/mol. The molecule has 1 N–H and O–H groups in total. The van der Waals surface area contributed by atoms with E-state index in [9.17, 15) is 0 Å². The summed E-state index contributed by atoms with van der Waals surface area (Å²) in [6.45, 7) is 4.23. The van der Waals surface area contributed by atoms with Crippen LogP contribution < -0.4 is 0 Å². The summed E-state index contributed by atoms with van der Waals surface area (Å²) in [4.78, 5) is 9.35. The third-order valence-electron chi connectivity index (χ3n) is 3.18. The number of imidazole rings is 1. The smallest absolute Gasteiger partial charge is 0.138 e. The lowest BCUT2D eigenvalue weighted by Crippen LogP contribution is -1.84. The van der Waals surface area contributed by atoms with Gasteiger partial charge in [-0.25, -0.2) is 4.98 Å². The Morgan fingerprint density at radius 2 is 1.74 bits per heavy atom. The van der Waals surface area contributed by atoms with Crippen LogP contribution in [0, 0.1) is 13.8 Å². The lowest BCUT2D eigenvalue weighted by Gasteiger charge is -2.01. The standard InChI is InChI=1S/C16H16N2S/c1-10-6-11(2)8-12(7-10)16-17-14-5-4-13(19-3)9-15(14)18-16/h4-9H,1-3H3,(H,17,18). The van der Waals surface area contributed by atoms with Gasteiger partial charge in [0.15, 0.2) is 0 Å². The maximum absolute atomic E-state index is 4.68. The zero-order valence-electron chi connectivity index (χ0n) is 11.3. The molecule has 0 saturated heterocycles. The minimum atomic E-state index is 0.944. The normalized spacial score (nSPS) is 11.1. The molecule has 1 aromatic heterocycles. The monoisotopic (exact) mass is 268 g/mol. The van der Waals surface area contributed by atoms with Gasteiger partial charge in [0.05, 0.1) is 11.0 Å². The molecule has 19 heavy (non-hydrogen) atoms. The highest BCUT2D eigenvalue weighted by Gasteiger charge is 2.06. The van der Waals surface area contributed by atoms with Crippen molar-refractivity contribution in [2.24, 2.45) is 0 Å². The predicted octanol–water partition coefficient (Wildman–Crippen LogP) is 4.57. The van der Waals surface area contributed by atoms with Crippen LogP contribution in [0.2, 0.25) is 0 Å². The highest BCUT2D eigenvalue weighted by atomic mass is 32.2. The van der Waals surface area contributed by atoms with Gasteiger partial charge in [-0.1, -0.05) is 17.2 Å². The molecule has 0 amide bonds. The summed E-state index contributed by atoms with van der Waals surface area (Å²) in [5.74, 6) is 0.944. The van der Waals surface area contributed by atoms with Gasteiger partial charge < -0.3 is 4.98 Å². The van der Waals surface area contributed by atoms with Crippen LogP contribution in [0.1, 0.15) is 11.1 Å². The third-order valence-corrected chi connectivity index (χ3v) is 3.91. The van der Waals surface area contributed by atoms with E-state index in [0.29, 0.717) is 0 Å². The number of aromatic amines is 1. The summed E-state index contributed by atoms with van der Waals surface area (Å²) in [7, 11) is 0. The molecule has 0 spiro atoms. The Balaban J connectivity index is 2.14. The number of rotatable bonds is 2.